The monoisotopic (exact) mass is 497 g/mol. The van der Waals surface area contributed by atoms with E-state index in [4.69, 9.17) is 0 Å². The number of benzene rings is 2. The lowest BCUT2D eigenvalue weighted by Gasteiger charge is -2.34. The summed E-state index contributed by atoms with van der Waals surface area (Å²) in [5.74, 6) is -0.315. The number of hydrogen-bond acceptors (Lipinski definition) is 4. The predicted molar refractivity (Wildman–Crippen MR) is 147 cm³/mol. The van der Waals surface area contributed by atoms with Gasteiger partial charge in [0.2, 0.25) is 5.91 Å². The third-order valence-corrected chi connectivity index (χ3v) is 7.83. The van der Waals surface area contributed by atoms with Gasteiger partial charge < -0.3 is 5.32 Å². The molecule has 2 heterocycles. The molecule has 1 N–H and O–H groups in total. The zero-order chi connectivity index (χ0) is 25.1. The highest BCUT2D eigenvalue weighted by atomic mass is 32.1. The average molecular weight is 498 g/mol. The van der Waals surface area contributed by atoms with Crippen LogP contribution in [-0.2, 0) is 4.79 Å². The van der Waals surface area contributed by atoms with Crippen LogP contribution in [0.25, 0.3) is 10.9 Å². The van der Waals surface area contributed by atoms with Crippen molar-refractivity contribution in [3.8, 4) is 0 Å². The number of hydrogen-bond donors (Lipinski definition) is 1. The van der Waals surface area contributed by atoms with Crippen LogP contribution in [0.4, 0.5) is 5.69 Å². The molecule has 1 atom stereocenters. The zero-order valence-electron chi connectivity index (χ0n) is 20.7. The second-order valence-electron chi connectivity index (χ2n) is 9.64. The van der Waals surface area contributed by atoms with Gasteiger partial charge in [-0.1, -0.05) is 49.6 Å². The molecule has 6 heteroatoms. The van der Waals surface area contributed by atoms with E-state index >= 15 is 0 Å². The van der Waals surface area contributed by atoms with E-state index < -0.39 is 6.04 Å². The van der Waals surface area contributed by atoms with Crippen molar-refractivity contribution in [3.05, 3.63) is 93.8 Å². The minimum absolute atomic E-state index is 0.133. The number of carbonyl (C=O) groups is 2. The average Bonchev–Trinajstić information content (AvgIpc) is 3.44. The van der Waals surface area contributed by atoms with Crippen LogP contribution in [0.5, 0.6) is 0 Å². The van der Waals surface area contributed by atoms with Gasteiger partial charge in [0.1, 0.15) is 6.04 Å². The lowest BCUT2D eigenvalue weighted by Crippen LogP contribution is -2.47. The van der Waals surface area contributed by atoms with Crippen molar-refractivity contribution in [1.82, 2.24) is 10.3 Å². The molecule has 5 rings (SSSR count). The summed E-state index contributed by atoms with van der Waals surface area (Å²) in [6.45, 7) is 4.00. The van der Waals surface area contributed by atoms with Crippen LogP contribution in [0, 0.1) is 13.8 Å². The Morgan fingerprint density at radius 2 is 1.83 bits per heavy atom. The number of pyridine rings is 1. The number of anilines is 1. The second-order valence-corrected chi connectivity index (χ2v) is 10.6. The number of aromatic nitrogens is 1. The zero-order valence-corrected chi connectivity index (χ0v) is 21.6. The van der Waals surface area contributed by atoms with E-state index in [1.807, 2.05) is 79.9 Å². The van der Waals surface area contributed by atoms with Crippen molar-refractivity contribution in [2.75, 3.05) is 4.90 Å². The number of fused-ring (bicyclic) bond motifs is 1. The fourth-order valence-electron chi connectivity index (χ4n) is 5.07. The van der Waals surface area contributed by atoms with Crippen molar-refractivity contribution in [2.24, 2.45) is 0 Å². The summed E-state index contributed by atoms with van der Waals surface area (Å²) in [4.78, 5) is 35.0. The molecule has 1 unspecified atom stereocenters. The molecule has 5 nitrogen and oxygen atoms in total. The van der Waals surface area contributed by atoms with Crippen LogP contribution < -0.4 is 10.2 Å². The largest absolute Gasteiger partial charge is 0.351 e. The van der Waals surface area contributed by atoms with E-state index in [1.165, 1.54) is 17.8 Å². The molecule has 184 valence electrons. The maximum absolute atomic E-state index is 14.1. The Kier molecular flexibility index (Phi) is 7.14. The molecule has 2 amide bonds. The minimum atomic E-state index is -0.813. The lowest BCUT2D eigenvalue weighted by atomic mass is 9.94. The van der Waals surface area contributed by atoms with E-state index in [0.717, 1.165) is 59.0 Å². The first-order valence-corrected chi connectivity index (χ1v) is 13.5. The Labute approximate surface area is 216 Å². The summed E-state index contributed by atoms with van der Waals surface area (Å²) >= 11 is 1.39. The predicted octanol–water partition coefficient (Wildman–Crippen LogP) is 6.75. The molecular weight excluding hydrogens is 466 g/mol. The van der Waals surface area contributed by atoms with Crippen LogP contribution >= 0.6 is 11.3 Å². The summed E-state index contributed by atoms with van der Waals surface area (Å²) in [5.41, 5.74) is 4.37. The number of aryl methyl sites for hydroxylation is 2. The maximum atomic E-state index is 14.1. The molecule has 0 saturated heterocycles. The van der Waals surface area contributed by atoms with Crippen LogP contribution in [0.1, 0.15) is 64.5 Å². The number of carbonyl (C=O) groups excluding carboxylic acids is 2. The molecule has 1 aliphatic carbocycles. The molecule has 0 radical (unpaired) electrons. The van der Waals surface area contributed by atoms with Gasteiger partial charge in [0, 0.05) is 23.3 Å². The van der Waals surface area contributed by atoms with E-state index in [0.29, 0.717) is 4.88 Å². The Bertz CT molecular complexity index is 1380. The number of amides is 2. The Morgan fingerprint density at radius 3 is 2.61 bits per heavy atom. The van der Waals surface area contributed by atoms with Gasteiger partial charge in [0.25, 0.3) is 5.91 Å². The molecule has 0 aliphatic heterocycles. The minimum Gasteiger partial charge on any atom is -0.351 e. The Balaban J connectivity index is 1.66. The van der Waals surface area contributed by atoms with E-state index in [1.54, 1.807) is 11.1 Å². The van der Waals surface area contributed by atoms with Gasteiger partial charge in [-0.2, -0.15) is 0 Å². The van der Waals surface area contributed by atoms with Gasteiger partial charge in [-0.15, -0.1) is 11.3 Å². The van der Waals surface area contributed by atoms with Gasteiger partial charge in [0.15, 0.2) is 0 Å². The fourth-order valence-corrected chi connectivity index (χ4v) is 5.73. The number of nitrogens with zero attached hydrogens (tertiary/aromatic N) is 2. The third kappa shape index (κ3) is 5.05. The van der Waals surface area contributed by atoms with Gasteiger partial charge in [0.05, 0.1) is 10.4 Å². The van der Waals surface area contributed by atoms with E-state index in [9.17, 15) is 9.59 Å². The van der Waals surface area contributed by atoms with Gasteiger partial charge in [-0.05, 0) is 79.1 Å². The normalized spacial score (nSPS) is 14.9. The molecule has 0 spiro atoms. The van der Waals surface area contributed by atoms with Gasteiger partial charge in [-0.3, -0.25) is 19.5 Å². The molecule has 2 aromatic heterocycles. The molecule has 4 aromatic rings. The highest BCUT2D eigenvalue weighted by Crippen LogP contribution is 2.35. The summed E-state index contributed by atoms with van der Waals surface area (Å²) in [6.07, 6.45) is 7.15. The SMILES string of the molecule is Cc1ccc(C)c(N(C(=O)c2cccs2)C(C(=O)NC2CCCCC2)c2ccc3ncccc3c2)c1. The summed E-state index contributed by atoms with van der Waals surface area (Å²) in [6, 6.07) is 18.8. The van der Waals surface area contributed by atoms with Gasteiger partial charge >= 0.3 is 0 Å². The van der Waals surface area contributed by atoms with Crippen molar-refractivity contribution in [2.45, 2.75) is 58.0 Å². The number of thiophene rings is 1. The van der Waals surface area contributed by atoms with Crippen molar-refractivity contribution in [1.29, 1.82) is 0 Å². The molecule has 36 heavy (non-hydrogen) atoms. The fraction of sp³-hybridized carbons (Fsp3) is 0.300. The Morgan fingerprint density at radius 1 is 1.00 bits per heavy atom. The molecule has 1 fully saturated rings. The molecule has 1 saturated carbocycles. The first-order valence-electron chi connectivity index (χ1n) is 12.6. The summed E-state index contributed by atoms with van der Waals surface area (Å²) in [5, 5.41) is 6.14. The highest BCUT2D eigenvalue weighted by Gasteiger charge is 2.36. The van der Waals surface area contributed by atoms with Crippen molar-refractivity contribution < 1.29 is 9.59 Å². The molecular formula is C30H31N3O2S. The maximum Gasteiger partial charge on any atom is 0.269 e. The lowest BCUT2D eigenvalue weighted by molar-refractivity contribution is -0.123. The van der Waals surface area contributed by atoms with E-state index in [2.05, 4.69) is 10.3 Å². The number of rotatable bonds is 6. The molecule has 0 bridgehead atoms. The molecule has 2 aromatic carbocycles. The highest BCUT2D eigenvalue weighted by molar-refractivity contribution is 7.12. The van der Waals surface area contributed by atoms with Crippen LogP contribution in [0.15, 0.2) is 72.2 Å². The topological polar surface area (TPSA) is 62.3 Å². The Hall–Kier alpha value is -3.51. The van der Waals surface area contributed by atoms with Crippen molar-refractivity contribution >= 4 is 39.7 Å². The standard InChI is InChI=1S/C30H31N3O2S/c1-20-12-13-21(2)26(18-20)33(30(35)27-11-7-17-36-27)28(29(34)32-24-9-4-3-5-10-24)23-14-15-25-22(19-23)8-6-16-31-25/h6-8,11-19,24,28H,3-5,9-10H2,1-2H3,(H,32,34). The number of nitrogens with one attached hydrogen (secondary N) is 1. The smallest absolute Gasteiger partial charge is 0.269 e. The van der Waals surface area contributed by atoms with Crippen LogP contribution in [0.3, 0.4) is 0 Å². The van der Waals surface area contributed by atoms with Crippen LogP contribution in [-0.4, -0.2) is 22.8 Å². The second kappa shape index (κ2) is 10.6. The third-order valence-electron chi connectivity index (χ3n) is 6.98. The van der Waals surface area contributed by atoms with Crippen molar-refractivity contribution in [3.63, 3.8) is 0 Å². The first kappa shape index (κ1) is 24.2. The summed E-state index contributed by atoms with van der Waals surface area (Å²) < 4.78 is 0. The van der Waals surface area contributed by atoms with Gasteiger partial charge in [-0.25, -0.2) is 0 Å². The summed E-state index contributed by atoms with van der Waals surface area (Å²) in [7, 11) is 0. The van der Waals surface area contributed by atoms with Crippen LogP contribution in [0.2, 0.25) is 0 Å². The molecule has 1 aliphatic rings. The quantitative estimate of drug-likeness (QED) is 0.320. The first-order chi connectivity index (χ1) is 17.5. The van der Waals surface area contributed by atoms with E-state index in [-0.39, 0.29) is 17.9 Å².